The summed E-state index contributed by atoms with van der Waals surface area (Å²) in [6.07, 6.45) is 1.73. The molecule has 0 saturated heterocycles. The number of ether oxygens (including phenoxy) is 1. The van der Waals surface area contributed by atoms with E-state index in [-0.39, 0.29) is 16.7 Å². The van der Waals surface area contributed by atoms with Gasteiger partial charge in [0.15, 0.2) is 0 Å². The Morgan fingerprint density at radius 1 is 1.43 bits per heavy atom. The highest BCUT2D eigenvalue weighted by Gasteiger charge is 2.28. The number of rotatable bonds is 2. The van der Waals surface area contributed by atoms with Crippen molar-refractivity contribution in [2.45, 2.75) is 51.7 Å². The predicted molar refractivity (Wildman–Crippen MR) is 78.1 cm³/mol. The van der Waals surface area contributed by atoms with E-state index >= 15 is 0 Å². The van der Waals surface area contributed by atoms with E-state index in [1.54, 1.807) is 26.8 Å². The molecule has 114 valence electrons. The van der Waals surface area contributed by atoms with Gasteiger partial charge in [0.1, 0.15) is 5.60 Å². The minimum absolute atomic E-state index is 0.128. The molecule has 2 rings (SSSR count). The van der Waals surface area contributed by atoms with Gasteiger partial charge in [-0.1, -0.05) is 12.1 Å². The van der Waals surface area contributed by atoms with Crippen molar-refractivity contribution in [1.29, 1.82) is 0 Å². The number of benzene rings is 1. The molecule has 0 heterocycles. The zero-order valence-electron chi connectivity index (χ0n) is 12.5. The number of amides is 1. The van der Waals surface area contributed by atoms with Gasteiger partial charge in [-0.2, -0.15) is 0 Å². The third kappa shape index (κ3) is 3.71. The summed E-state index contributed by atoms with van der Waals surface area (Å²) in [4.78, 5) is 22.6. The van der Waals surface area contributed by atoms with Gasteiger partial charge < -0.3 is 10.1 Å². The third-order valence-electron chi connectivity index (χ3n) is 3.37. The molecule has 0 saturated carbocycles. The lowest BCUT2D eigenvalue weighted by atomic mass is 9.86. The minimum atomic E-state index is -0.565. The van der Waals surface area contributed by atoms with Gasteiger partial charge in [0.2, 0.25) is 0 Å². The topological polar surface area (TPSA) is 81.5 Å². The van der Waals surface area contributed by atoms with Gasteiger partial charge in [0.25, 0.3) is 5.69 Å². The molecule has 1 N–H and O–H groups in total. The molecule has 1 aromatic carbocycles. The molecule has 1 aliphatic rings. The Morgan fingerprint density at radius 2 is 2.14 bits per heavy atom. The zero-order valence-corrected chi connectivity index (χ0v) is 12.5. The van der Waals surface area contributed by atoms with E-state index in [9.17, 15) is 14.9 Å². The molecule has 0 radical (unpaired) electrons. The van der Waals surface area contributed by atoms with Gasteiger partial charge in [0.05, 0.1) is 11.0 Å². The number of carbonyl (C=O) groups is 1. The molecule has 0 aliphatic heterocycles. The van der Waals surface area contributed by atoms with E-state index in [1.807, 2.05) is 6.07 Å². The minimum Gasteiger partial charge on any atom is -0.444 e. The van der Waals surface area contributed by atoms with Gasteiger partial charge in [0, 0.05) is 11.6 Å². The molecule has 0 spiro atoms. The van der Waals surface area contributed by atoms with Crippen LogP contribution in [0.25, 0.3) is 0 Å². The van der Waals surface area contributed by atoms with Crippen LogP contribution < -0.4 is 5.32 Å². The maximum atomic E-state index is 11.9. The number of carbonyl (C=O) groups excluding carboxylic acids is 1. The predicted octanol–water partition coefficient (Wildman–Crippen LogP) is 3.50. The van der Waals surface area contributed by atoms with E-state index in [0.717, 1.165) is 24.0 Å². The largest absolute Gasteiger partial charge is 0.444 e. The number of hydrogen-bond acceptors (Lipinski definition) is 4. The molecule has 1 aromatic rings. The van der Waals surface area contributed by atoms with Crippen molar-refractivity contribution < 1.29 is 14.5 Å². The summed E-state index contributed by atoms with van der Waals surface area (Å²) in [7, 11) is 0. The summed E-state index contributed by atoms with van der Waals surface area (Å²) in [5, 5.41) is 13.9. The van der Waals surface area contributed by atoms with E-state index in [4.69, 9.17) is 4.74 Å². The van der Waals surface area contributed by atoms with Crippen LogP contribution in [-0.4, -0.2) is 16.6 Å². The normalized spacial score (nSPS) is 17.8. The molecule has 0 aromatic heterocycles. The Bertz CT molecular complexity index is 563. The van der Waals surface area contributed by atoms with Crippen LogP contribution in [0.2, 0.25) is 0 Å². The molecule has 1 aliphatic carbocycles. The zero-order chi connectivity index (χ0) is 15.6. The SMILES string of the molecule is CC(C)(C)OC(=O)N[C@H]1CCCc2c1cccc2[N+](=O)[O-]. The summed E-state index contributed by atoms with van der Waals surface area (Å²) in [5.41, 5.74) is 1.10. The highest BCUT2D eigenvalue weighted by Crippen LogP contribution is 2.35. The summed E-state index contributed by atoms with van der Waals surface area (Å²) < 4.78 is 5.25. The maximum Gasteiger partial charge on any atom is 0.408 e. The van der Waals surface area contributed by atoms with Crippen LogP contribution in [0.3, 0.4) is 0 Å². The highest BCUT2D eigenvalue weighted by molar-refractivity contribution is 5.69. The number of fused-ring (bicyclic) bond motifs is 1. The van der Waals surface area contributed by atoms with Crippen molar-refractivity contribution >= 4 is 11.8 Å². The van der Waals surface area contributed by atoms with Crippen molar-refractivity contribution in [2.24, 2.45) is 0 Å². The van der Waals surface area contributed by atoms with Crippen LogP contribution in [0, 0.1) is 10.1 Å². The van der Waals surface area contributed by atoms with Crippen LogP contribution in [0.5, 0.6) is 0 Å². The lowest BCUT2D eigenvalue weighted by Gasteiger charge is -2.27. The number of nitro groups is 1. The molecular weight excluding hydrogens is 272 g/mol. The molecule has 0 fully saturated rings. The fourth-order valence-electron chi connectivity index (χ4n) is 2.60. The average molecular weight is 292 g/mol. The Morgan fingerprint density at radius 3 is 2.76 bits per heavy atom. The maximum absolute atomic E-state index is 11.9. The first-order valence-electron chi connectivity index (χ1n) is 7.03. The second-order valence-corrected chi connectivity index (χ2v) is 6.19. The first-order chi connectivity index (χ1) is 9.78. The average Bonchev–Trinajstić information content (AvgIpc) is 2.36. The highest BCUT2D eigenvalue weighted by atomic mass is 16.6. The number of nitrogens with one attached hydrogen (secondary N) is 1. The lowest BCUT2D eigenvalue weighted by molar-refractivity contribution is -0.385. The van der Waals surface area contributed by atoms with E-state index in [0.29, 0.717) is 6.42 Å². The molecule has 6 heteroatoms. The van der Waals surface area contributed by atoms with Crippen molar-refractivity contribution in [3.05, 3.63) is 39.4 Å². The van der Waals surface area contributed by atoms with Gasteiger partial charge in [-0.15, -0.1) is 0 Å². The van der Waals surface area contributed by atoms with Gasteiger partial charge in [-0.3, -0.25) is 10.1 Å². The monoisotopic (exact) mass is 292 g/mol. The Balaban J connectivity index is 2.21. The quantitative estimate of drug-likeness (QED) is 0.668. The van der Waals surface area contributed by atoms with Crippen LogP contribution in [0.15, 0.2) is 18.2 Å². The number of alkyl carbamates (subject to hydrolysis) is 1. The molecule has 6 nitrogen and oxygen atoms in total. The second-order valence-electron chi connectivity index (χ2n) is 6.19. The van der Waals surface area contributed by atoms with Crippen molar-refractivity contribution in [3.63, 3.8) is 0 Å². The lowest BCUT2D eigenvalue weighted by Crippen LogP contribution is -2.36. The van der Waals surface area contributed by atoms with Gasteiger partial charge >= 0.3 is 6.09 Å². The van der Waals surface area contributed by atoms with E-state index in [1.165, 1.54) is 6.07 Å². The van der Waals surface area contributed by atoms with Gasteiger partial charge in [-0.25, -0.2) is 4.79 Å². The Labute approximate surface area is 123 Å². The van der Waals surface area contributed by atoms with Crippen LogP contribution in [-0.2, 0) is 11.2 Å². The smallest absolute Gasteiger partial charge is 0.408 e. The van der Waals surface area contributed by atoms with Gasteiger partial charge in [-0.05, 0) is 45.6 Å². The summed E-state index contributed by atoms with van der Waals surface area (Å²) in [6, 6.07) is 4.77. The van der Waals surface area contributed by atoms with Crippen LogP contribution in [0.4, 0.5) is 10.5 Å². The second kappa shape index (κ2) is 5.71. The summed E-state index contributed by atoms with van der Waals surface area (Å²) in [5.74, 6) is 0. The molecule has 0 bridgehead atoms. The van der Waals surface area contributed by atoms with E-state index in [2.05, 4.69) is 5.32 Å². The molecule has 0 unspecified atom stereocenters. The molecule has 1 atom stereocenters. The molecule has 21 heavy (non-hydrogen) atoms. The number of nitro benzene ring substituents is 1. The number of nitrogens with zero attached hydrogens (tertiary/aromatic N) is 1. The Kier molecular flexibility index (Phi) is 4.16. The van der Waals surface area contributed by atoms with Crippen LogP contribution >= 0.6 is 0 Å². The fourth-order valence-corrected chi connectivity index (χ4v) is 2.60. The van der Waals surface area contributed by atoms with E-state index < -0.39 is 11.7 Å². The first kappa shape index (κ1) is 15.3. The standard InChI is InChI=1S/C15H20N2O4/c1-15(2,3)21-14(18)16-12-8-4-7-11-10(12)6-5-9-13(11)17(19)20/h5-6,9,12H,4,7-8H2,1-3H3,(H,16,18)/t12-/m0/s1. The first-order valence-corrected chi connectivity index (χ1v) is 7.03. The summed E-state index contributed by atoms with van der Waals surface area (Å²) >= 11 is 0. The molecule has 1 amide bonds. The van der Waals surface area contributed by atoms with Crippen LogP contribution in [0.1, 0.15) is 50.8 Å². The fraction of sp³-hybridized carbons (Fsp3) is 0.533. The van der Waals surface area contributed by atoms with Crippen molar-refractivity contribution in [3.8, 4) is 0 Å². The third-order valence-corrected chi connectivity index (χ3v) is 3.37. The Hall–Kier alpha value is -2.11. The van der Waals surface area contributed by atoms with Crippen molar-refractivity contribution in [2.75, 3.05) is 0 Å². The molecular formula is C15H20N2O4. The summed E-state index contributed by atoms with van der Waals surface area (Å²) in [6.45, 7) is 5.39. The number of hydrogen-bond donors (Lipinski definition) is 1. The van der Waals surface area contributed by atoms with Crippen molar-refractivity contribution in [1.82, 2.24) is 5.32 Å².